The van der Waals surface area contributed by atoms with Crippen molar-refractivity contribution in [3.8, 4) is 0 Å². The molecule has 2 fully saturated rings. The predicted molar refractivity (Wildman–Crippen MR) is 135 cm³/mol. The molecule has 204 valence electrons. The molecule has 36 heavy (non-hydrogen) atoms. The van der Waals surface area contributed by atoms with Crippen LogP contribution in [0.25, 0.3) is 0 Å². The van der Waals surface area contributed by atoms with Gasteiger partial charge in [0, 0.05) is 31.9 Å². The van der Waals surface area contributed by atoms with Gasteiger partial charge in [0.2, 0.25) is 5.91 Å². The van der Waals surface area contributed by atoms with Gasteiger partial charge in [0.05, 0.1) is 24.4 Å². The Bertz CT molecular complexity index is 836. The van der Waals surface area contributed by atoms with Crippen LogP contribution in [0.4, 0.5) is 0 Å². The van der Waals surface area contributed by atoms with Crippen molar-refractivity contribution in [1.82, 2.24) is 5.32 Å². The summed E-state index contributed by atoms with van der Waals surface area (Å²) < 4.78 is 16.8. The van der Waals surface area contributed by atoms with Gasteiger partial charge >= 0.3 is 5.97 Å². The molecule has 2 heterocycles. The Morgan fingerprint density at radius 3 is 2.58 bits per heavy atom. The number of hydrogen-bond acceptors (Lipinski definition) is 8. The maximum atomic E-state index is 12.3. The van der Waals surface area contributed by atoms with Crippen molar-refractivity contribution in [3.05, 3.63) is 36.0 Å². The van der Waals surface area contributed by atoms with Gasteiger partial charge in [-0.25, -0.2) is 0 Å². The molecule has 2 rings (SSSR count). The lowest BCUT2D eigenvalue weighted by atomic mass is 9.87. The zero-order chi connectivity index (χ0) is 27.0. The maximum absolute atomic E-state index is 12.3. The average Bonchev–Trinajstić information content (AvgIpc) is 2.78. The van der Waals surface area contributed by atoms with E-state index in [0.29, 0.717) is 6.42 Å². The Morgan fingerprint density at radius 1 is 1.25 bits per heavy atom. The van der Waals surface area contributed by atoms with E-state index < -0.39 is 36.0 Å². The largest absolute Gasteiger partial charge is 0.459 e. The number of esters is 1. The van der Waals surface area contributed by atoms with Crippen LogP contribution in [0.15, 0.2) is 36.0 Å². The molecule has 9 unspecified atom stereocenters. The summed E-state index contributed by atoms with van der Waals surface area (Å²) in [7, 11) is 0. The van der Waals surface area contributed by atoms with Crippen molar-refractivity contribution in [2.75, 3.05) is 6.61 Å². The van der Waals surface area contributed by atoms with E-state index in [1.807, 2.05) is 19.9 Å². The van der Waals surface area contributed by atoms with Crippen molar-refractivity contribution < 1.29 is 39.1 Å². The smallest absolute Gasteiger partial charge is 0.303 e. The second-order valence-corrected chi connectivity index (χ2v) is 10.3. The van der Waals surface area contributed by atoms with Crippen LogP contribution in [-0.4, -0.2) is 76.2 Å². The fraction of sp³-hybridized carbons (Fsp3) is 0.704. The highest BCUT2D eigenvalue weighted by atomic mass is 16.6. The number of carbonyl (C=O) groups excluding carboxylic acids is 2. The minimum absolute atomic E-state index is 0.00736. The summed E-state index contributed by atoms with van der Waals surface area (Å²) in [6, 6.07) is -0.125. The Morgan fingerprint density at radius 2 is 1.94 bits per heavy atom. The first-order chi connectivity index (χ1) is 16.8. The summed E-state index contributed by atoms with van der Waals surface area (Å²) >= 11 is 0. The van der Waals surface area contributed by atoms with Gasteiger partial charge in [0.25, 0.3) is 0 Å². The maximum Gasteiger partial charge on any atom is 0.303 e. The van der Waals surface area contributed by atoms with Crippen LogP contribution >= 0.6 is 0 Å². The standard InChI is InChI=1S/C27H43NO8/c1-16(8-11-24-26(32)21(15-29)14-27(6,33)36-24)7-10-23-17(2)13-22(19(4)35-23)28-25(31)12-9-18(3)34-20(5)30/h7-9,11-12,17-19,21-24,26,29,32-33H,10,13-15H2,1-6H3,(H,28,31). The normalized spacial score (nSPS) is 36.7. The Balaban J connectivity index is 1.88. The molecule has 0 aromatic carbocycles. The number of amides is 1. The van der Waals surface area contributed by atoms with E-state index in [0.717, 1.165) is 12.0 Å². The van der Waals surface area contributed by atoms with Gasteiger partial charge in [-0.2, -0.15) is 0 Å². The molecule has 0 aliphatic carbocycles. The third-order valence-corrected chi connectivity index (χ3v) is 6.72. The molecule has 9 atom stereocenters. The Hall–Kier alpha value is -2.04. The average molecular weight is 510 g/mol. The van der Waals surface area contributed by atoms with E-state index in [2.05, 4.69) is 18.3 Å². The number of allylic oxidation sites excluding steroid dienone is 2. The fourth-order valence-electron chi connectivity index (χ4n) is 4.70. The van der Waals surface area contributed by atoms with Crippen molar-refractivity contribution in [2.45, 2.75) is 103 Å². The van der Waals surface area contributed by atoms with Crippen molar-refractivity contribution in [2.24, 2.45) is 11.8 Å². The van der Waals surface area contributed by atoms with Gasteiger partial charge in [-0.05, 0) is 52.5 Å². The van der Waals surface area contributed by atoms with Crippen LogP contribution in [0.2, 0.25) is 0 Å². The molecule has 0 bridgehead atoms. The van der Waals surface area contributed by atoms with Crippen molar-refractivity contribution in [3.63, 3.8) is 0 Å². The minimum atomic E-state index is -1.40. The third kappa shape index (κ3) is 9.44. The van der Waals surface area contributed by atoms with E-state index in [4.69, 9.17) is 14.2 Å². The molecule has 2 aliphatic rings. The van der Waals surface area contributed by atoms with Gasteiger partial charge in [-0.1, -0.05) is 30.7 Å². The highest BCUT2D eigenvalue weighted by Crippen LogP contribution is 2.32. The molecule has 9 heteroatoms. The third-order valence-electron chi connectivity index (χ3n) is 6.72. The van der Waals surface area contributed by atoms with Crippen LogP contribution in [0.3, 0.4) is 0 Å². The Labute approximate surface area is 214 Å². The number of aliphatic hydroxyl groups excluding tert-OH is 2. The van der Waals surface area contributed by atoms with Gasteiger partial charge in [-0.3, -0.25) is 9.59 Å². The molecule has 2 saturated heterocycles. The van der Waals surface area contributed by atoms with Crippen LogP contribution in [0.1, 0.15) is 60.8 Å². The number of carbonyl (C=O) groups is 2. The highest BCUT2D eigenvalue weighted by Gasteiger charge is 2.41. The van der Waals surface area contributed by atoms with Gasteiger partial charge in [-0.15, -0.1) is 0 Å². The van der Waals surface area contributed by atoms with Crippen molar-refractivity contribution in [1.29, 1.82) is 0 Å². The lowest BCUT2D eigenvalue weighted by Crippen LogP contribution is -2.51. The summed E-state index contributed by atoms with van der Waals surface area (Å²) in [5.74, 6) is -2.29. The topological polar surface area (TPSA) is 135 Å². The van der Waals surface area contributed by atoms with E-state index >= 15 is 0 Å². The second kappa shape index (κ2) is 13.5. The number of hydrogen-bond donors (Lipinski definition) is 4. The quantitative estimate of drug-likeness (QED) is 0.211. The molecule has 0 spiro atoms. The van der Waals surface area contributed by atoms with Gasteiger partial charge in [0.1, 0.15) is 12.2 Å². The fourth-order valence-corrected chi connectivity index (χ4v) is 4.70. The summed E-state index contributed by atoms with van der Waals surface area (Å²) in [5.41, 5.74) is 0.961. The van der Waals surface area contributed by atoms with Gasteiger partial charge in [0.15, 0.2) is 5.79 Å². The summed E-state index contributed by atoms with van der Waals surface area (Å²) in [4.78, 5) is 23.3. The molecule has 2 aliphatic heterocycles. The zero-order valence-electron chi connectivity index (χ0n) is 22.2. The molecule has 0 saturated carbocycles. The predicted octanol–water partition coefficient (Wildman–Crippen LogP) is 2.15. The first-order valence-electron chi connectivity index (χ1n) is 12.7. The van der Waals surface area contributed by atoms with Crippen LogP contribution in [0, 0.1) is 11.8 Å². The zero-order valence-corrected chi connectivity index (χ0v) is 22.2. The van der Waals surface area contributed by atoms with Crippen LogP contribution in [-0.2, 0) is 23.8 Å². The number of nitrogens with one attached hydrogen (secondary N) is 1. The molecular weight excluding hydrogens is 466 g/mol. The number of ether oxygens (including phenoxy) is 3. The summed E-state index contributed by atoms with van der Waals surface area (Å²) in [6.07, 6.45) is 7.90. The van der Waals surface area contributed by atoms with E-state index in [1.54, 1.807) is 19.1 Å². The lowest BCUT2D eigenvalue weighted by Gasteiger charge is -2.41. The van der Waals surface area contributed by atoms with Crippen LogP contribution in [0.5, 0.6) is 0 Å². The van der Waals surface area contributed by atoms with Crippen LogP contribution < -0.4 is 5.32 Å². The highest BCUT2D eigenvalue weighted by molar-refractivity contribution is 5.87. The Kier molecular flexibility index (Phi) is 11.3. The van der Waals surface area contributed by atoms with Crippen molar-refractivity contribution >= 4 is 11.9 Å². The molecule has 1 amide bonds. The summed E-state index contributed by atoms with van der Waals surface area (Å²) in [6.45, 7) is 10.3. The van der Waals surface area contributed by atoms with E-state index in [-0.39, 0.29) is 43.1 Å². The first-order valence-corrected chi connectivity index (χ1v) is 12.7. The monoisotopic (exact) mass is 509 g/mol. The number of rotatable bonds is 9. The first kappa shape index (κ1) is 30.2. The SMILES string of the molecule is CC(=O)OC(C)C=CC(=O)NC1CC(C)C(CC=C(C)C=CC2OC(C)(O)CC(CO)C2O)OC1C. The molecular formula is C27H43NO8. The lowest BCUT2D eigenvalue weighted by molar-refractivity contribution is -0.273. The molecule has 0 aromatic heterocycles. The molecule has 9 nitrogen and oxygen atoms in total. The minimum Gasteiger partial charge on any atom is -0.459 e. The van der Waals surface area contributed by atoms with E-state index in [9.17, 15) is 24.9 Å². The summed E-state index contributed by atoms with van der Waals surface area (Å²) in [5, 5.41) is 33.1. The molecule has 0 aromatic rings. The molecule has 0 radical (unpaired) electrons. The second-order valence-electron chi connectivity index (χ2n) is 10.3. The van der Waals surface area contributed by atoms with Gasteiger partial charge < -0.3 is 34.8 Å². The molecule has 4 N–H and O–H groups in total. The number of aliphatic hydroxyl groups is 3. The van der Waals surface area contributed by atoms with E-state index in [1.165, 1.54) is 19.9 Å².